The molecule has 4 rings (SSSR count). The van der Waals surface area contributed by atoms with Crippen LogP contribution in [0.15, 0.2) is 66.7 Å². The molecule has 128 valence electrons. The van der Waals surface area contributed by atoms with E-state index in [2.05, 4.69) is 15.3 Å². The summed E-state index contributed by atoms with van der Waals surface area (Å²) in [5, 5.41) is 3.66. The highest BCUT2D eigenvalue weighted by molar-refractivity contribution is 6.31. The third kappa shape index (κ3) is 3.24. The fourth-order valence-corrected chi connectivity index (χ4v) is 3.16. The number of benzene rings is 3. The number of carbonyl (C=O) groups is 1. The van der Waals surface area contributed by atoms with Crippen molar-refractivity contribution in [2.75, 3.05) is 6.54 Å². The van der Waals surface area contributed by atoms with Crippen molar-refractivity contribution in [3.05, 3.63) is 82.9 Å². The normalized spacial score (nSPS) is 11.0. The summed E-state index contributed by atoms with van der Waals surface area (Å²) in [6, 6.07) is 20.8. The van der Waals surface area contributed by atoms with Gasteiger partial charge in [-0.3, -0.25) is 4.79 Å². The van der Waals surface area contributed by atoms with Gasteiger partial charge in [-0.15, -0.1) is 0 Å². The molecule has 0 saturated heterocycles. The summed E-state index contributed by atoms with van der Waals surface area (Å²) in [7, 11) is 0. The Morgan fingerprint density at radius 2 is 1.54 bits per heavy atom. The third-order valence-electron chi connectivity index (χ3n) is 4.25. The molecule has 4 aromatic rings. The minimum atomic E-state index is -0.160. The van der Waals surface area contributed by atoms with E-state index in [1.165, 1.54) is 0 Å². The first kappa shape index (κ1) is 16.5. The van der Waals surface area contributed by atoms with E-state index >= 15 is 0 Å². The van der Waals surface area contributed by atoms with Gasteiger partial charge in [0.05, 0.1) is 22.1 Å². The Labute approximate surface area is 155 Å². The molecule has 0 spiro atoms. The number of amides is 1. The smallest absolute Gasteiger partial charge is 0.253 e. The maximum absolute atomic E-state index is 12.7. The van der Waals surface area contributed by atoms with Crippen LogP contribution in [0.4, 0.5) is 0 Å². The molecule has 1 heterocycles. The van der Waals surface area contributed by atoms with Gasteiger partial charge in [-0.05, 0) is 42.3 Å². The first-order chi connectivity index (χ1) is 12.7. The number of rotatable bonds is 4. The molecule has 0 bridgehead atoms. The first-order valence-electron chi connectivity index (χ1n) is 8.39. The van der Waals surface area contributed by atoms with E-state index in [-0.39, 0.29) is 5.91 Å². The van der Waals surface area contributed by atoms with Crippen molar-refractivity contribution >= 4 is 39.6 Å². The summed E-state index contributed by atoms with van der Waals surface area (Å²) < 4.78 is 0. The van der Waals surface area contributed by atoms with Gasteiger partial charge in [-0.2, -0.15) is 0 Å². The monoisotopic (exact) mass is 361 g/mol. The Kier molecular flexibility index (Phi) is 4.50. The molecule has 3 aromatic carbocycles. The number of nitrogens with one attached hydrogen (secondary N) is 1. The maximum atomic E-state index is 12.7. The lowest BCUT2D eigenvalue weighted by Gasteiger charge is -2.09. The van der Waals surface area contributed by atoms with Crippen LogP contribution in [0.25, 0.3) is 22.1 Å². The Hall–Kier alpha value is -2.98. The molecule has 1 aromatic heterocycles. The number of aromatic nitrogens is 2. The molecule has 0 saturated carbocycles. The van der Waals surface area contributed by atoms with E-state index in [1.807, 2.05) is 60.7 Å². The maximum Gasteiger partial charge on any atom is 0.253 e. The van der Waals surface area contributed by atoms with Gasteiger partial charge in [0.1, 0.15) is 5.52 Å². The Morgan fingerprint density at radius 1 is 0.846 bits per heavy atom. The van der Waals surface area contributed by atoms with E-state index in [0.29, 0.717) is 34.6 Å². The predicted molar refractivity (Wildman–Crippen MR) is 105 cm³/mol. The molecular weight excluding hydrogens is 346 g/mol. The molecule has 0 radical (unpaired) electrons. The van der Waals surface area contributed by atoms with E-state index in [9.17, 15) is 4.79 Å². The van der Waals surface area contributed by atoms with Crippen LogP contribution in [0, 0.1) is 0 Å². The molecule has 0 aliphatic rings. The number of fused-ring (bicyclic) bond motifs is 2. The predicted octanol–water partition coefficient (Wildman–Crippen LogP) is 4.41. The average molecular weight is 362 g/mol. The SMILES string of the molecule is O=C(NCCc1ccccc1Cl)c1cccc2nc3ccccc3nc12. The number of nitrogens with zero attached hydrogens (tertiary/aromatic N) is 2. The molecule has 0 unspecified atom stereocenters. The van der Waals surface area contributed by atoms with Gasteiger partial charge in [-0.1, -0.05) is 48.0 Å². The lowest BCUT2D eigenvalue weighted by Crippen LogP contribution is -2.26. The largest absolute Gasteiger partial charge is 0.352 e. The van der Waals surface area contributed by atoms with Crippen LogP contribution in [0.2, 0.25) is 5.02 Å². The Morgan fingerprint density at radius 3 is 2.35 bits per heavy atom. The molecule has 0 fully saturated rings. The van der Waals surface area contributed by atoms with Crippen LogP contribution in [-0.4, -0.2) is 22.4 Å². The molecule has 1 amide bonds. The molecule has 0 atom stereocenters. The second-order valence-corrected chi connectivity index (χ2v) is 6.39. The van der Waals surface area contributed by atoms with E-state index < -0.39 is 0 Å². The number of hydrogen-bond donors (Lipinski definition) is 1. The van der Waals surface area contributed by atoms with Crippen molar-refractivity contribution in [2.24, 2.45) is 0 Å². The van der Waals surface area contributed by atoms with Crippen molar-refractivity contribution in [3.63, 3.8) is 0 Å². The fraction of sp³-hybridized carbons (Fsp3) is 0.0952. The highest BCUT2D eigenvalue weighted by Gasteiger charge is 2.12. The zero-order valence-corrected chi connectivity index (χ0v) is 14.7. The van der Waals surface area contributed by atoms with Crippen LogP contribution < -0.4 is 5.32 Å². The molecule has 0 aliphatic heterocycles. The summed E-state index contributed by atoms with van der Waals surface area (Å²) in [5.74, 6) is -0.160. The van der Waals surface area contributed by atoms with Gasteiger partial charge < -0.3 is 5.32 Å². The second kappa shape index (κ2) is 7.10. The van der Waals surface area contributed by atoms with Crippen LogP contribution >= 0.6 is 11.6 Å². The second-order valence-electron chi connectivity index (χ2n) is 5.98. The lowest BCUT2D eigenvalue weighted by atomic mass is 10.1. The standard InChI is InChI=1S/C21H16ClN3O/c22-16-8-2-1-6-14(16)12-13-23-21(26)15-7-5-11-19-20(15)25-18-10-4-3-9-17(18)24-19/h1-11H,12-13H2,(H,23,26). The average Bonchev–Trinajstić information content (AvgIpc) is 2.67. The quantitative estimate of drug-likeness (QED) is 0.548. The third-order valence-corrected chi connectivity index (χ3v) is 4.62. The molecule has 4 nitrogen and oxygen atoms in total. The van der Waals surface area contributed by atoms with E-state index in [4.69, 9.17) is 11.6 Å². The van der Waals surface area contributed by atoms with Gasteiger partial charge in [0.25, 0.3) is 5.91 Å². The van der Waals surface area contributed by atoms with Crippen molar-refractivity contribution in [2.45, 2.75) is 6.42 Å². The zero-order valence-electron chi connectivity index (χ0n) is 13.9. The van der Waals surface area contributed by atoms with Gasteiger partial charge >= 0.3 is 0 Å². The fourth-order valence-electron chi connectivity index (χ4n) is 2.93. The van der Waals surface area contributed by atoms with Crippen LogP contribution in [-0.2, 0) is 6.42 Å². The number of para-hydroxylation sites is 3. The number of halogens is 1. The molecular formula is C21H16ClN3O. The van der Waals surface area contributed by atoms with Crippen molar-refractivity contribution < 1.29 is 4.79 Å². The minimum absolute atomic E-state index is 0.160. The van der Waals surface area contributed by atoms with Crippen molar-refractivity contribution in [1.29, 1.82) is 0 Å². The van der Waals surface area contributed by atoms with Crippen molar-refractivity contribution in [3.8, 4) is 0 Å². The molecule has 5 heteroatoms. The zero-order chi connectivity index (χ0) is 17.9. The van der Waals surface area contributed by atoms with Crippen molar-refractivity contribution in [1.82, 2.24) is 15.3 Å². The summed E-state index contributed by atoms with van der Waals surface area (Å²) in [6.07, 6.45) is 0.671. The summed E-state index contributed by atoms with van der Waals surface area (Å²) in [4.78, 5) is 21.9. The highest BCUT2D eigenvalue weighted by atomic mass is 35.5. The minimum Gasteiger partial charge on any atom is -0.352 e. The number of carbonyl (C=O) groups excluding carboxylic acids is 1. The first-order valence-corrected chi connectivity index (χ1v) is 8.77. The van der Waals surface area contributed by atoms with Crippen LogP contribution in [0.1, 0.15) is 15.9 Å². The highest BCUT2D eigenvalue weighted by Crippen LogP contribution is 2.19. The summed E-state index contributed by atoms with van der Waals surface area (Å²) in [5.41, 5.74) is 4.45. The molecule has 0 aliphatic carbocycles. The van der Waals surface area contributed by atoms with Crippen LogP contribution in [0.5, 0.6) is 0 Å². The lowest BCUT2D eigenvalue weighted by molar-refractivity contribution is 0.0955. The Balaban J connectivity index is 1.58. The summed E-state index contributed by atoms with van der Waals surface area (Å²) >= 11 is 6.16. The van der Waals surface area contributed by atoms with Gasteiger partial charge in [0.15, 0.2) is 0 Å². The van der Waals surface area contributed by atoms with Gasteiger partial charge in [-0.25, -0.2) is 9.97 Å². The number of hydrogen-bond acceptors (Lipinski definition) is 3. The van der Waals surface area contributed by atoms with Gasteiger partial charge in [0, 0.05) is 11.6 Å². The molecule has 1 N–H and O–H groups in total. The molecule has 26 heavy (non-hydrogen) atoms. The van der Waals surface area contributed by atoms with E-state index in [1.54, 1.807) is 6.07 Å². The summed E-state index contributed by atoms with van der Waals surface area (Å²) in [6.45, 7) is 0.500. The van der Waals surface area contributed by atoms with Crippen LogP contribution in [0.3, 0.4) is 0 Å². The van der Waals surface area contributed by atoms with Gasteiger partial charge in [0.2, 0.25) is 0 Å². The van der Waals surface area contributed by atoms with E-state index in [0.717, 1.165) is 16.6 Å². The Bertz CT molecular complexity index is 1110. The topological polar surface area (TPSA) is 54.9 Å².